The fourth-order valence-corrected chi connectivity index (χ4v) is 1.82. The van der Waals surface area contributed by atoms with Crippen LogP contribution in [-0.4, -0.2) is 31.0 Å². The molecule has 0 aliphatic heterocycles. The van der Waals surface area contributed by atoms with Gasteiger partial charge in [-0.05, 0) is 24.3 Å². The summed E-state index contributed by atoms with van der Waals surface area (Å²) in [4.78, 5) is 13.8. The van der Waals surface area contributed by atoms with Crippen LogP contribution in [-0.2, 0) is 0 Å². The van der Waals surface area contributed by atoms with Gasteiger partial charge in [0, 0.05) is 12.7 Å². The van der Waals surface area contributed by atoms with Crippen molar-refractivity contribution >= 4 is 11.6 Å². The Hall–Kier alpha value is -2.49. The summed E-state index contributed by atoms with van der Waals surface area (Å²) in [7, 11) is 1.74. The topological polar surface area (TPSA) is 55.6 Å². The van der Waals surface area contributed by atoms with E-state index in [4.69, 9.17) is 10.5 Å². The maximum absolute atomic E-state index is 12.2. The van der Waals surface area contributed by atoms with Crippen LogP contribution in [0.4, 0.5) is 5.69 Å². The van der Waals surface area contributed by atoms with Gasteiger partial charge in [0.2, 0.25) is 0 Å². The Morgan fingerprint density at radius 3 is 2.45 bits per heavy atom. The summed E-state index contributed by atoms with van der Waals surface area (Å²) >= 11 is 0. The van der Waals surface area contributed by atoms with Gasteiger partial charge in [-0.1, -0.05) is 30.3 Å². The predicted molar refractivity (Wildman–Crippen MR) is 79.8 cm³/mol. The van der Waals surface area contributed by atoms with Crippen molar-refractivity contribution in [3.8, 4) is 5.75 Å². The first kappa shape index (κ1) is 13.9. The lowest BCUT2D eigenvalue weighted by Gasteiger charge is -2.18. The van der Waals surface area contributed by atoms with E-state index in [-0.39, 0.29) is 5.91 Å². The smallest absolute Gasteiger partial charge is 0.255 e. The average molecular weight is 270 g/mol. The van der Waals surface area contributed by atoms with Crippen molar-refractivity contribution in [2.24, 2.45) is 0 Å². The standard InChI is InChI=1S/C16H18N2O2/c1-18(11-12-20-13-7-3-2-4-8-13)16(19)14-9-5-6-10-15(14)17/h2-10H,11-12,17H2,1H3. The maximum Gasteiger partial charge on any atom is 0.255 e. The minimum atomic E-state index is -0.0974. The molecule has 0 radical (unpaired) electrons. The highest BCUT2D eigenvalue weighted by Gasteiger charge is 2.13. The van der Waals surface area contributed by atoms with E-state index in [1.807, 2.05) is 36.4 Å². The Morgan fingerprint density at radius 1 is 1.10 bits per heavy atom. The van der Waals surface area contributed by atoms with Gasteiger partial charge in [0.05, 0.1) is 12.1 Å². The van der Waals surface area contributed by atoms with E-state index in [0.717, 1.165) is 5.75 Å². The van der Waals surface area contributed by atoms with Crippen LogP contribution >= 0.6 is 0 Å². The van der Waals surface area contributed by atoms with E-state index < -0.39 is 0 Å². The Balaban J connectivity index is 1.87. The van der Waals surface area contributed by atoms with Gasteiger partial charge in [0.15, 0.2) is 0 Å². The lowest BCUT2D eigenvalue weighted by molar-refractivity contribution is 0.0775. The van der Waals surface area contributed by atoms with E-state index in [9.17, 15) is 4.79 Å². The molecule has 0 spiro atoms. The number of nitrogen functional groups attached to an aromatic ring is 1. The van der Waals surface area contributed by atoms with E-state index in [1.165, 1.54) is 0 Å². The van der Waals surface area contributed by atoms with Crippen molar-refractivity contribution in [1.29, 1.82) is 0 Å². The summed E-state index contributed by atoms with van der Waals surface area (Å²) < 4.78 is 5.57. The first-order valence-corrected chi connectivity index (χ1v) is 6.46. The molecule has 0 bridgehead atoms. The predicted octanol–water partition coefficient (Wildman–Crippen LogP) is 2.42. The number of para-hydroxylation sites is 2. The number of hydrogen-bond acceptors (Lipinski definition) is 3. The summed E-state index contributed by atoms with van der Waals surface area (Å²) in [5, 5.41) is 0. The Labute approximate surface area is 118 Å². The van der Waals surface area contributed by atoms with Crippen molar-refractivity contribution in [2.45, 2.75) is 0 Å². The van der Waals surface area contributed by atoms with Gasteiger partial charge in [0.1, 0.15) is 12.4 Å². The van der Waals surface area contributed by atoms with Gasteiger partial charge >= 0.3 is 0 Å². The molecule has 2 aromatic rings. The number of nitrogens with zero attached hydrogens (tertiary/aromatic N) is 1. The largest absolute Gasteiger partial charge is 0.492 e. The van der Waals surface area contributed by atoms with Gasteiger partial charge in [-0.2, -0.15) is 0 Å². The Kier molecular flexibility index (Phi) is 4.60. The van der Waals surface area contributed by atoms with Gasteiger partial charge in [-0.3, -0.25) is 4.79 Å². The molecule has 0 aliphatic carbocycles. The molecular weight excluding hydrogens is 252 g/mol. The third kappa shape index (κ3) is 3.51. The number of nitrogens with two attached hydrogens (primary N) is 1. The first-order valence-electron chi connectivity index (χ1n) is 6.46. The monoisotopic (exact) mass is 270 g/mol. The van der Waals surface area contributed by atoms with Crippen LogP contribution in [0.25, 0.3) is 0 Å². The van der Waals surface area contributed by atoms with E-state index >= 15 is 0 Å². The summed E-state index contributed by atoms with van der Waals surface area (Å²) in [6.45, 7) is 0.945. The van der Waals surface area contributed by atoms with Crippen LogP contribution in [0, 0.1) is 0 Å². The molecule has 4 nitrogen and oxygen atoms in total. The number of amides is 1. The van der Waals surface area contributed by atoms with E-state index in [0.29, 0.717) is 24.4 Å². The molecule has 1 amide bonds. The van der Waals surface area contributed by atoms with Gasteiger partial charge in [0.25, 0.3) is 5.91 Å². The zero-order chi connectivity index (χ0) is 14.4. The quantitative estimate of drug-likeness (QED) is 0.849. The van der Waals surface area contributed by atoms with Gasteiger partial charge in [-0.25, -0.2) is 0 Å². The van der Waals surface area contributed by atoms with Crippen molar-refractivity contribution in [1.82, 2.24) is 4.90 Å². The Bertz CT molecular complexity index is 570. The average Bonchev–Trinajstić information content (AvgIpc) is 2.48. The molecule has 0 unspecified atom stereocenters. The molecule has 0 fully saturated rings. The summed E-state index contributed by atoms with van der Waals surface area (Å²) in [5.41, 5.74) is 6.82. The van der Waals surface area contributed by atoms with Crippen molar-refractivity contribution < 1.29 is 9.53 Å². The molecule has 0 aliphatic rings. The lowest BCUT2D eigenvalue weighted by atomic mass is 10.1. The van der Waals surface area contributed by atoms with Crippen LogP contribution in [0.3, 0.4) is 0 Å². The molecule has 20 heavy (non-hydrogen) atoms. The minimum Gasteiger partial charge on any atom is -0.492 e. The van der Waals surface area contributed by atoms with E-state index in [2.05, 4.69) is 0 Å². The first-order chi connectivity index (χ1) is 9.68. The van der Waals surface area contributed by atoms with Crippen LogP contribution < -0.4 is 10.5 Å². The van der Waals surface area contributed by atoms with Gasteiger partial charge in [-0.15, -0.1) is 0 Å². The van der Waals surface area contributed by atoms with Crippen molar-refractivity contribution in [3.63, 3.8) is 0 Å². The second-order valence-corrected chi connectivity index (χ2v) is 4.48. The number of anilines is 1. The molecule has 2 rings (SSSR count). The maximum atomic E-state index is 12.2. The molecule has 2 N–H and O–H groups in total. The molecule has 0 saturated carbocycles. The second kappa shape index (κ2) is 6.61. The molecule has 4 heteroatoms. The number of hydrogen-bond donors (Lipinski definition) is 1. The molecule has 2 aromatic carbocycles. The number of rotatable bonds is 5. The van der Waals surface area contributed by atoms with Crippen LogP contribution in [0.15, 0.2) is 54.6 Å². The number of likely N-dealkylation sites (N-methyl/N-ethyl adjacent to an activating group) is 1. The highest BCUT2D eigenvalue weighted by Crippen LogP contribution is 2.13. The van der Waals surface area contributed by atoms with Gasteiger partial charge < -0.3 is 15.4 Å². The highest BCUT2D eigenvalue weighted by molar-refractivity contribution is 5.98. The highest BCUT2D eigenvalue weighted by atomic mass is 16.5. The SMILES string of the molecule is CN(CCOc1ccccc1)C(=O)c1ccccc1N. The lowest BCUT2D eigenvalue weighted by Crippen LogP contribution is -2.31. The molecule has 0 atom stereocenters. The molecule has 0 aromatic heterocycles. The van der Waals surface area contributed by atoms with Crippen LogP contribution in [0.5, 0.6) is 5.75 Å². The van der Waals surface area contributed by atoms with E-state index in [1.54, 1.807) is 30.1 Å². The summed E-state index contributed by atoms with van der Waals surface area (Å²) in [6.07, 6.45) is 0. The molecule has 104 valence electrons. The molecule has 0 heterocycles. The third-order valence-corrected chi connectivity index (χ3v) is 2.98. The Morgan fingerprint density at radius 2 is 1.75 bits per heavy atom. The molecule has 0 saturated heterocycles. The zero-order valence-electron chi connectivity index (χ0n) is 11.5. The fraction of sp³-hybridized carbons (Fsp3) is 0.188. The van der Waals surface area contributed by atoms with Crippen molar-refractivity contribution in [3.05, 3.63) is 60.2 Å². The van der Waals surface area contributed by atoms with Crippen LogP contribution in [0.2, 0.25) is 0 Å². The third-order valence-electron chi connectivity index (χ3n) is 2.98. The summed E-state index contributed by atoms with van der Waals surface area (Å²) in [6, 6.07) is 16.6. The fourth-order valence-electron chi connectivity index (χ4n) is 1.82. The normalized spacial score (nSPS) is 10.1. The second-order valence-electron chi connectivity index (χ2n) is 4.48. The number of carbonyl (C=O) groups excluding carboxylic acids is 1. The number of carbonyl (C=O) groups is 1. The summed E-state index contributed by atoms with van der Waals surface area (Å²) in [5.74, 6) is 0.701. The number of benzene rings is 2. The molecular formula is C16H18N2O2. The van der Waals surface area contributed by atoms with Crippen LogP contribution in [0.1, 0.15) is 10.4 Å². The van der Waals surface area contributed by atoms with Crippen molar-refractivity contribution in [2.75, 3.05) is 25.9 Å². The minimum absolute atomic E-state index is 0.0974. The zero-order valence-corrected chi connectivity index (χ0v) is 11.5. The number of ether oxygens (including phenoxy) is 1.